The average molecular weight is 237 g/mol. The largest absolute Gasteiger partial charge is 0.459 e. The molecule has 2 rings (SSSR count). The number of epoxide rings is 1. The standard InChI is InChI=1S/C11H11NO5/c1-7-10(17-7)6-16-11(13)8-2-4-9(5-3-8)12(14)15/h2-5,7,10H,6H2,1H3/t7-,10+/m0/s1. The molecule has 2 atom stereocenters. The van der Waals surface area contributed by atoms with Gasteiger partial charge in [0.25, 0.3) is 5.69 Å². The van der Waals surface area contributed by atoms with E-state index in [0.717, 1.165) is 0 Å². The summed E-state index contributed by atoms with van der Waals surface area (Å²) in [7, 11) is 0. The Morgan fingerprint density at radius 1 is 1.47 bits per heavy atom. The first kappa shape index (κ1) is 11.5. The predicted octanol–water partition coefficient (Wildman–Crippen LogP) is 1.54. The normalized spacial score (nSPS) is 21.9. The van der Waals surface area contributed by atoms with Gasteiger partial charge in [0.05, 0.1) is 16.6 Å². The molecule has 0 saturated carbocycles. The maximum absolute atomic E-state index is 11.5. The van der Waals surface area contributed by atoms with E-state index in [1.807, 2.05) is 6.92 Å². The molecular formula is C11H11NO5. The summed E-state index contributed by atoms with van der Waals surface area (Å²) in [5, 5.41) is 10.4. The van der Waals surface area contributed by atoms with Gasteiger partial charge in [-0.05, 0) is 19.1 Å². The van der Waals surface area contributed by atoms with E-state index in [2.05, 4.69) is 0 Å². The Kier molecular flexibility index (Phi) is 3.06. The molecule has 0 spiro atoms. The Labute approximate surface area is 97.3 Å². The number of hydrogen-bond donors (Lipinski definition) is 0. The maximum Gasteiger partial charge on any atom is 0.338 e. The summed E-state index contributed by atoms with van der Waals surface area (Å²) in [6, 6.07) is 5.29. The summed E-state index contributed by atoms with van der Waals surface area (Å²) >= 11 is 0. The van der Waals surface area contributed by atoms with Crippen LogP contribution in [-0.2, 0) is 9.47 Å². The lowest BCUT2D eigenvalue weighted by atomic mass is 10.2. The van der Waals surface area contributed by atoms with Crippen LogP contribution in [0.1, 0.15) is 17.3 Å². The lowest BCUT2D eigenvalue weighted by Crippen LogP contribution is -2.11. The van der Waals surface area contributed by atoms with Crippen LogP contribution in [0.2, 0.25) is 0 Å². The van der Waals surface area contributed by atoms with Crippen molar-refractivity contribution in [2.45, 2.75) is 19.1 Å². The van der Waals surface area contributed by atoms with Gasteiger partial charge in [-0.15, -0.1) is 0 Å². The number of carbonyl (C=O) groups is 1. The third-order valence-corrected chi connectivity index (χ3v) is 2.53. The second-order valence-electron chi connectivity index (χ2n) is 3.78. The lowest BCUT2D eigenvalue weighted by molar-refractivity contribution is -0.384. The molecule has 0 aromatic heterocycles. The van der Waals surface area contributed by atoms with Gasteiger partial charge in [-0.25, -0.2) is 4.79 Å². The Morgan fingerprint density at radius 3 is 2.53 bits per heavy atom. The van der Waals surface area contributed by atoms with Crippen LogP contribution in [0.25, 0.3) is 0 Å². The van der Waals surface area contributed by atoms with Crippen LogP contribution < -0.4 is 0 Å². The van der Waals surface area contributed by atoms with E-state index >= 15 is 0 Å². The summed E-state index contributed by atoms with van der Waals surface area (Å²) in [4.78, 5) is 21.4. The minimum Gasteiger partial charge on any atom is -0.459 e. The zero-order chi connectivity index (χ0) is 12.4. The van der Waals surface area contributed by atoms with Crippen molar-refractivity contribution in [2.24, 2.45) is 0 Å². The Hall–Kier alpha value is -1.95. The highest BCUT2D eigenvalue weighted by atomic mass is 16.6. The minimum atomic E-state index is -0.519. The number of nitro benzene ring substituents is 1. The van der Waals surface area contributed by atoms with E-state index in [-0.39, 0.29) is 24.5 Å². The zero-order valence-electron chi connectivity index (χ0n) is 9.16. The number of non-ortho nitro benzene ring substituents is 1. The van der Waals surface area contributed by atoms with Gasteiger partial charge in [0, 0.05) is 12.1 Å². The van der Waals surface area contributed by atoms with Crippen molar-refractivity contribution in [3.63, 3.8) is 0 Å². The van der Waals surface area contributed by atoms with Gasteiger partial charge in [-0.2, -0.15) is 0 Å². The SMILES string of the molecule is C[C@@H]1O[C@@H]1COC(=O)c1ccc([N+](=O)[O-])cc1. The van der Waals surface area contributed by atoms with Crippen molar-refractivity contribution in [3.8, 4) is 0 Å². The van der Waals surface area contributed by atoms with E-state index in [1.54, 1.807) is 0 Å². The topological polar surface area (TPSA) is 82.0 Å². The Morgan fingerprint density at radius 2 is 2.06 bits per heavy atom. The maximum atomic E-state index is 11.5. The summed E-state index contributed by atoms with van der Waals surface area (Å²) in [5.41, 5.74) is 0.240. The highest BCUT2D eigenvalue weighted by molar-refractivity contribution is 5.89. The fraction of sp³-hybridized carbons (Fsp3) is 0.364. The molecule has 1 saturated heterocycles. The van der Waals surface area contributed by atoms with Crippen molar-refractivity contribution in [3.05, 3.63) is 39.9 Å². The summed E-state index contributed by atoms with van der Waals surface area (Å²) in [6.45, 7) is 2.11. The molecular weight excluding hydrogens is 226 g/mol. The molecule has 0 unspecified atom stereocenters. The van der Waals surface area contributed by atoms with Crippen molar-refractivity contribution in [1.82, 2.24) is 0 Å². The van der Waals surface area contributed by atoms with Crippen LogP contribution in [0.3, 0.4) is 0 Å². The van der Waals surface area contributed by atoms with E-state index in [0.29, 0.717) is 5.56 Å². The average Bonchev–Trinajstić information content (AvgIpc) is 3.02. The molecule has 6 heteroatoms. The molecule has 0 aliphatic carbocycles. The molecule has 0 radical (unpaired) electrons. The molecule has 0 N–H and O–H groups in total. The minimum absolute atomic E-state index is 0.0167. The first-order valence-corrected chi connectivity index (χ1v) is 5.15. The van der Waals surface area contributed by atoms with Crippen LogP contribution in [0.4, 0.5) is 5.69 Å². The molecule has 1 aliphatic rings. The van der Waals surface area contributed by atoms with Gasteiger partial charge in [0.1, 0.15) is 12.7 Å². The first-order valence-electron chi connectivity index (χ1n) is 5.15. The Bertz CT molecular complexity index is 442. The zero-order valence-corrected chi connectivity index (χ0v) is 9.16. The predicted molar refractivity (Wildman–Crippen MR) is 57.7 cm³/mol. The van der Waals surface area contributed by atoms with Gasteiger partial charge < -0.3 is 9.47 Å². The van der Waals surface area contributed by atoms with Crippen LogP contribution >= 0.6 is 0 Å². The number of hydrogen-bond acceptors (Lipinski definition) is 5. The van der Waals surface area contributed by atoms with E-state index in [9.17, 15) is 14.9 Å². The van der Waals surface area contributed by atoms with E-state index in [4.69, 9.17) is 9.47 Å². The molecule has 1 aromatic rings. The molecule has 0 amide bonds. The second-order valence-corrected chi connectivity index (χ2v) is 3.78. The molecule has 1 aromatic carbocycles. The van der Waals surface area contributed by atoms with Crippen LogP contribution in [0, 0.1) is 10.1 Å². The highest BCUT2D eigenvalue weighted by Gasteiger charge is 2.35. The number of nitro groups is 1. The quantitative estimate of drug-likeness (QED) is 0.343. The van der Waals surface area contributed by atoms with Gasteiger partial charge in [-0.1, -0.05) is 0 Å². The van der Waals surface area contributed by atoms with Crippen LogP contribution in [0.15, 0.2) is 24.3 Å². The number of esters is 1. The van der Waals surface area contributed by atoms with Crippen molar-refractivity contribution < 1.29 is 19.2 Å². The molecule has 1 heterocycles. The monoisotopic (exact) mass is 237 g/mol. The molecule has 0 bridgehead atoms. The summed E-state index contributed by atoms with van der Waals surface area (Å²) in [5.74, 6) is -0.498. The van der Waals surface area contributed by atoms with Crippen molar-refractivity contribution in [1.29, 1.82) is 0 Å². The third kappa shape index (κ3) is 2.79. The molecule has 90 valence electrons. The van der Waals surface area contributed by atoms with Gasteiger partial charge in [0.2, 0.25) is 0 Å². The molecule has 1 aliphatic heterocycles. The lowest BCUT2D eigenvalue weighted by Gasteiger charge is -2.02. The number of ether oxygens (including phenoxy) is 2. The first-order chi connectivity index (χ1) is 8.08. The van der Waals surface area contributed by atoms with Gasteiger partial charge >= 0.3 is 5.97 Å². The number of carbonyl (C=O) groups excluding carboxylic acids is 1. The third-order valence-electron chi connectivity index (χ3n) is 2.53. The number of benzene rings is 1. The molecule has 17 heavy (non-hydrogen) atoms. The van der Waals surface area contributed by atoms with Crippen molar-refractivity contribution >= 4 is 11.7 Å². The fourth-order valence-electron chi connectivity index (χ4n) is 1.37. The molecule has 6 nitrogen and oxygen atoms in total. The number of nitrogens with zero attached hydrogens (tertiary/aromatic N) is 1. The van der Waals surface area contributed by atoms with E-state index < -0.39 is 10.9 Å². The van der Waals surface area contributed by atoms with E-state index in [1.165, 1.54) is 24.3 Å². The van der Waals surface area contributed by atoms with Crippen LogP contribution in [0.5, 0.6) is 0 Å². The summed E-state index contributed by atoms with van der Waals surface area (Å²) in [6.07, 6.45) is 0.122. The highest BCUT2D eigenvalue weighted by Crippen LogP contribution is 2.21. The molecule has 1 fully saturated rings. The fourth-order valence-corrected chi connectivity index (χ4v) is 1.37. The Balaban J connectivity index is 1.92. The number of rotatable bonds is 4. The van der Waals surface area contributed by atoms with Gasteiger partial charge in [0.15, 0.2) is 0 Å². The van der Waals surface area contributed by atoms with Gasteiger partial charge in [-0.3, -0.25) is 10.1 Å². The van der Waals surface area contributed by atoms with Crippen molar-refractivity contribution in [2.75, 3.05) is 6.61 Å². The van der Waals surface area contributed by atoms with Crippen LogP contribution in [-0.4, -0.2) is 29.7 Å². The smallest absolute Gasteiger partial charge is 0.338 e. The summed E-state index contributed by atoms with van der Waals surface area (Å²) < 4.78 is 10.1. The second kappa shape index (κ2) is 4.50.